The molecule has 0 amide bonds. The zero-order chi connectivity index (χ0) is 25.3. The minimum absolute atomic E-state index is 0.276. The van der Waals surface area contributed by atoms with Crippen molar-refractivity contribution in [1.29, 1.82) is 0 Å². The highest BCUT2D eigenvalue weighted by atomic mass is 32.1. The summed E-state index contributed by atoms with van der Waals surface area (Å²) in [7, 11) is 1.44. The summed E-state index contributed by atoms with van der Waals surface area (Å²) in [5.41, 5.74) is 7.91. The molecule has 3 aromatic rings. The van der Waals surface area contributed by atoms with E-state index in [1.165, 1.54) is 12.0 Å². The summed E-state index contributed by atoms with van der Waals surface area (Å²) in [5, 5.41) is 0. The summed E-state index contributed by atoms with van der Waals surface area (Å²) in [6, 6.07) is 14.5. The molecule has 36 heavy (non-hydrogen) atoms. The standard InChI is InChI=1S/C29H34N2O4S/c1-4-5-14-34-15-16-35-26-9-6-22(7-10-26)23-8-11-27-25(17-23)18-24(29(32)33-3)12-13-31(27)19-28-21(2)30-20-36-28/h6-11,17-18,20H,4-5,12-16,19H2,1-3H3. The van der Waals surface area contributed by atoms with E-state index in [9.17, 15) is 4.79 Å². The van der Waals surface area contributed by atoms with Crippen molar-refractivity contribution in [3.8, 4) is 16.9 Å². The van der Waals surface area contributed by atoms with Crippen molar-refractivity contribution >= 4 is 29.1 Å². The van der Waals surface area contributed by atoms with Gasteiger partial charge in [0.25, 0.3) is 0 Å². The van der Waals surface area contributed by atoms with E-state index in [2.05, 4.69) is 47.1 Å². The van der Waals surface area contributed by atoms with Gasteiger partial charge in [-0.25, -0.2) is 9.78 Å². The number of aryl methyl sites for hydroxylation is 1. The molecule has 0 N–H and O–H groups in total. The monoisotopic (exact) mass is 506 g/mol. The molecule has 1 aliphatic rings. The summed E-state index contributed by atoms with van der Waals surface area (Å²) in [6.45, 7) is 7.61. The van der Waals surface area contributed by atoms with Crippen LogP contribution in [-0.2, 0) is 20.8 Å². The molecule has 0 saturated carbocycles. The maximum atomic E-state index is 12.4. The van der Waals surface area contributed by atoms with Gasteiger partial charge in [0.05, 0.1) is 31.5 Å². The third kappa shape index (κ3) is 6.53. The number of ether oxygens (including phenoxy) is 3. The maximum absolute atomic E-state index is 12.4. The predicted octanol–water partition coefficient (Wildman–Crippen LogP) is 6.28. The van der Waals surface area contributed by atoms with Crippen molar-refractivity contribution in [3.63, 3.8) is 0 Å². The molecule has 6 nitrogen and oxygen atoms in total. The number of fused-ring (bicyclic) bond motifs is 1. The summed E-state index contributed by atoms with van der Waals surface area (Å²) in [6.07, 6.45) is 4.81. The molecule has 0 radical (unpaired) electrons. The Kier molecular flexibility index (Phi) is 9.14. The van der Waals surface area contributed by atoms with Gasteiger partial charge in [0.2, 0.25) is 0 Å². The van der Waals surface area contributed by atoms with Crippen LogP contribution < -0.4 is 9.64 Å². The van der Waals surface area contributed by atoms with Gasteiger partial charge in [-0.2, -0.15) is 0 Å². The molecule has 1 aromatic heterocycles. The first kappa shape index (κ1) is 25.9. The van der Waals surface area contributed by atoms with E-state index >= 15 is 0 Å². The first-order valence-corrected chi connectivity index (χ1v) is 13.3. The molecule has 2 aromatic carbocycles. The second-order valence-corrected chi connectivity index (χ2v) is 9.75. The number of benzene rings is 2. The number of hydrogen-bond donors (Lipinski definition) is 0. The number of methoxy groups -OCH3 is 1. The van der Waals surface area contributed by atoms with Crippen LogP contribution in [0.15, 0.2) is 53.5 Å². The number of aromatic nitrogens is 1. The van der Waals surface area contributed by atoms with Crippen LogP contribution in [0.1, 0.15) is 42.3 Å². The highest BCUT2D eigenvalue weighted by Crippen LogP contribution is 2.34. The Morgan fingerprint density at radius 3 is 2.61 bits per heavy atom. The van der Waals surface area contributed by atoms with Crippen molar-refractivity contribution in [1.82, 2.24) is 4.98 Å². The number of anilines is 1. The Balaban J connectivity index is 1.53. The molecule has 2 heterocycles. The third-order valence-electron chi connectivity index (χ3n) is 6.30. The molecule has 0 fully saturated rings. The number of nitrogens with zero attached hydrogens (tertiary/aromatic N) is 2. The van der Waals surface area contributed by atoms with Crippen LogP contribution >= 0.6 is 11.3 Å². The van der Waals surface area contributed by atoms with Gasteiger partial charge < -0.3 is 19.1 Å². The molecular formula is C29H34N2O4S. The smallest absolute Gasteiger partial charge is 0.333 e. The summed E-state index contributed by atoms with van der Waals surface area (Å²) >= 11 is 1.67. The lowest BCUT2D eigenvalue weighted by molar-refractivity contribution is -0.136. The Morgan fingerprint density at radius 1 is 1.08 bits per heavy atom. The molecule has 1 aliphatic heterocycles. The quantitative estimate of drug-likeness (QED) is 0.225. The van der Waals surface area contributed by atoms with E-state index in [1.807, 2.05) is 30.6 Å². The van der Waals surface area contributed by atoms with Gasteiger partial charge in [-0.3, -0.25) is 0 Å². The molecular weight excluding hydrogens is 472 g/mol. The van der Waals surface area contributed by atoms with Crippen molar-refractivity contribution in [3.05, 3.63) is 69.7 Å². The van der Waals surface area contributed by atoms with Crippen LogP contribution in [0.25, 0.3) is 17.2 Å². The van der Waals surface area contributed by atoms with E-state index < -0.39 is 0 Å². The summed E-state index contributed by atoms with van der Waals surface area (Å²) in [4.78, 5) is 20.4. The average Bonchev–Trinajstić information content (AvgIpc) is 3.22. The molecule has 0 unspecified atom stereocenters. The fraction of sp³-hybridized carbons (Fsp3) is 0.379. The largest absolute Gasteiger partial charge is 0.491 e. The number of thiazole rings is 1. The van der Waals surface area contributed by atoms with Gasteiger partial charge in [-0.15, -0.1) is 11.3 Å². The highest BCUT2D eigenvalue weighted by molar-refractivity contribution is 7.09. The van der Waals surface area contributed by atoms with Crippen LogP contribution in [0.5, 0.6) is 5.75 Å². The van der Waals surface area contributed by atoms with E-state index in [0.717, 1.165) is 66.4 Å². The topological polar surface area (TPSA) is 60.9 Å². The molecule has 0 saturated heterocycles. The molecule has 0 atom stereocenters. The lowest BCUT2D eigenvalue weighted by Crippen LogP contribution is -2.24. The van der Waals surface area contributed by atoms with Crippen LogP contribution in [0.4, 0.5) is 5.69 Å². The Bertz CT molecular complexity index is 1190. The van der Waals surface area contributed by atoms with E-state index in [0.29, 0.717) is 25.2 Å². The number of carbonyl (C=O) groups excluding carboxylic acids is 1. The number of rotatable bonds is 11. The van der Waals surface area contributed by atoms with Crippen molar-refractivity contribution in [2.75, 3.05) is 38.4 Å². The molecule has 0 aliphatic carbocycles. The lowest BCUT2D eigenvalue weighted by atomic mass is 10.00. The van der Waals surface area contributed by atoms with Gasteiger partial charge in [-0.05, 0) is 66.8 Å². The van der Waals surface area contributed by atoms with Crippen molar-refractivity contribution < 1.29 is 19.0 Å². The normalized spacial score (nSPS) is 13.1. The molecule has 190 valence electrons. The Hall–Kier alpha value is -3.16. The zero-order valence-electron chi connectivity index (χ0n) is 21.3. The minimum Gasteiger partial charge on any atom is -0.491 e. The summed E-state index contributed by atoms with van der Waals surface area (Å²) < 4.78 is 16.4. The second-order valence-electron chi connectivity index (χ2n) is 8.81. The number of hydrogen-bond acceptors (Lipinski definition) is 7. The van der Waals surface area contributed by atoms with Crippen molar-refractivity contribution in [2.45, 2.75) is 39.7 Å². The lowest BCUT2D eigenvalue weighted by Gasteiger charge is -2.25. The predicted molar refractivity (Wildman–Crippen MR) is 146 cm³/mol. The van der Waals surface area contributed by atoms with Gasteiger partial charge in [-0.1, -0.05) is 31.5 Å². The highest BCUT2D eigenvalue weighted by Gasteiger charge is 2.21. The van der Waals surface area contributed by atoms with Crippen LogP contribution in [0, 0.1) is 6.92 Å². The SMILES string of the molecule is CCCCOCCOc1ccc(-c2ccc3c(c2)C=C(C(=O)OC)CCN3Cc2scnc2C)cc1. The average molecular weight is 507 g/mol. The van der Waals surface area contributed by atoms with Gasteiger partial charge in [0.1, 0.15) is 12.4 Å². The molecule has 7 heteroatoms. The molecule has 0 spiro atoms. The van der Waals surface area contributed by atoms with E-state index in [1.54, 1.807) is 11.3 Å². The Morgan fingerprint density at radius 2 is 1.89 bits per heavy atom. The zero-order valence-corrected chi connectivity index (χ0v) is 22.1. The van der Waals surface area contributed by atoms with Gasteiger partial charge in [0.15, 0.2) is 0 Å². The van der Waals surface area contributed by atoms with Crippen molar-refractivity contribution in [2.24, 2.45) is 0 Å². The minimum atomic E-state index is -0.276. The van der Waals surface area contributed by atoms with Crippen LogP contribution in [0.3, 0.4) is 0 Å². The Labute approximate surface area is 217 Å². The fourth-order valence-corrected chi connectivity index (χ4v) is 4.98. The van der Waals surface area contributed by atoms with Crippen LogP contribution in [-0.4, -0.2) is 44.4 Å². The van der Waals surface area contributed by atoms with E-state index in [4.69, 9.17) is 14.2 Å². The third-order valence-corrected chi connectivity index (χ3v) is 7.22. The van der Waals surface area contributed by atoms with E-state index in [-0.39, 0.29) is 5.97 Å². The summed E-state index contributed by atoms with van der Waals surface area (Å²) in [5.74, 6) is 0.550. The first-order chi connectivity index (χ1) is 17.6. The van der Waals surface area contributed by atoms with Gasteiger partial charge in [0, 0.05) is 29.3 Å². The maximum Gasteiger partial charge on any atom is 0.333 e. The second kappa shape index (κ2) is 12.7. The number of esters is 1. The fourth-order valence-electron chi connectivity index (χ4n) is 4.19. The first-order valence-electron chi connectivity index (χ1n) is 12.5. The van der Waals surface area contributed by atoms with Crippen LogP contribution in [0.2, 0.25) is 0 Å². The molecule has 0 bridgehead atoms. The number of carbonyl (C=O) groups is 1. The molecule has 4 rings (SSSR count). The van der Waals surface area contributed by atoms with Gasteiger partial charge >= 0.3 is 5.97 Å². The number of unbranched alkanes of at least 4 members (excludes halogenated alkanes) is 1.